The number of carbonyl (C=O) groups is 2. The van der Waals surface area contributed by atoms with Crippen LogP contribution in [0.3, 0.4) is 0 Å². The Hall–Kier alpha value is -2.66. The van der Waals surface area contributed by atoms with Gasteiger partial charge in [0.2, 0.25) is 5.91 Å². The lowest BCUT2D eigenvalue weighted by atomic mass is 9.90. The van der Waals surface area contributed by atoms with Gasteiger partial charge in [0.05, 0.1) is 0 Å². The summed E-state index contributed by atoms with van der Waals surface area (Å²) in [6.07, 6.45) is -0.887. The molecule has 3 rings (SSSR count). The number of anilines is 1. The van der Waals surface area contributed by atoms with Crippen LogP contribution in [0.1, 0.15) is 29.6 Å². The van der Waals surface area contributed by atoms with Crippen molar-refractivity contribution < 1.29 is 14.7 Å². The molecule has 2 amide bonds. The van der Waals surface area contributed by atoms with E-state index in [1.165, 1.54) is 0 Å². The second-order valence-corrected chi connectivity index (χ2v) is 5.59. The number of carbonyl (C=O) groups excluding carboxylic acids is 2. The van der Waals surface area contributed by atoms with E-state index >= 15 is 0 Å². The Morgan fingerprint density at radius 1 is 1.17 bits per heavy atom. The van der Waals surface area contributed by atoms with Crippen LogP contribution in [0.4, 0.5) is 5.69 Å². The van der Waals surface area contributed by atoms with Crippen LogP contribution in [0.5, 0.6) is 0 Å². The predicted octanol–water partition coefficient (Wildman–Crippen LogP) is 1.96. The number of fused-ring (bicyclic) bond motifs is 1. The Morgan fingerprint density at radius 2 is 1.87 bits per heavy atom. The molecule has 0 bridgehead atoms. The zero-order valence-corrected chi connectivity index (χ0v) is 12.5. The summed E-state index contributed by atoms with van der Waals surface area (Å²) < 4.78 is 0. The summed E-state index contributed by atoms with van der Waals surface area (Å²) >= 11 is 0. The number of para-hydroxylation sites is 1. The molecule has 0 radical (unpaired) electrons. The van der Waals surface area contributed by atoms with E-state index in [-0.39, 0.29) is 11.8 Å². The van der Waals surface area contributed by atoms with Gasteiger partial charge in [0.1, 0.15) is 0 Å². The SMILES string of the molecule is O=C1CC(CNC(=O)C(O)c2ccccc2)c2ccccc2N1. The van der Waals surface area contributed by atoms with Crippen molar-refractivity contribution in [3.05, 3.63) is 65.7 Å². The van der Waals surface area contributed by atoms with Crippen molar-refractivity contribution in [1.29, 1.82) is 0 Å². The fraction of sp³-hybridized carbons (Fsp3) is 0.222. The largest absolute Gasteiger partial charge is 0.378 e. The lowest BCUT2D eigenvalue weighted by Crippen LogP contribution is -2.35. The summed E-state index contributed by atoms with van der Waals surface area (Å²) in [5.41, 5.74) is 2.33. The third-order valence-electron chi connectivity index (χ3n) is 3.99. The van der Waals surface area contributed by atoms with E-state index < -0.39 is 12.0 Å². The van der Waals surface area contributed by atoms with Gasteiger partial charge >= 0.3 is 0 Å². The highest BCUT2D eigenvalue weighted by Gasteiger charge is 2.26. The number of rotatable bonds is 4. The molecule has 118 valence electrons. The first-order chi connectivity index (χ1) is 11.1. The molecular formula is C18H18N2O3. The van der Waals surface area contributed by atoms with E-state index in [0.29, 0.717) is 18.5 Å². The Kier molecular flexibility index (Phi) is 4.39. The molecule has 0 aromatic heterocycles. The molecule has 3 N–H and O–H groups in total. The molecule has 1 aliphatic heterocycles. The quantitative estimate of drug-likeness (QED) is 0.808. The molecule has 2 atom stereocenters. The van der Waals surface area contributed by atoms with Crippen molar-refractivity contribution in [3.63, 3.8) is 0 Å². The van der Waals surface area contributed by atoms with E-state index in [4.69, 9.17) is 0 Å². The lowest BCUT2D eigenvalue weighted by molar-refractivity contribution is -0.130. The lowest BCUT2D eigenvalue weighted by Gasteiger charge is -2.26. The Bertz CT molecular complexity index is 715. The molecule has 1 aliphatic rings. The van der Waals surface area contributed by atoms with Gasteiger partial charge in [0.25, 0.3) is 5.91 Å². The summed E-state index contributed by atoms with van der Waals surface area (Å²) in [6.45, 7) is 0.313. The monoisotopic (exact) mass is 310 g/mol. The highest BCUT2D eigenvalue weighted by Crippen LogP contribution is 2.31. The highest BCUT2D eigenvalue weighted by molar-refractivity contribution is 5.94. The van der Waals surface area contributed by atoms with E-state index in [1.54, 1.807) is 24.3 Å². The zero-order chi connectivity index (χ0) is 16.2. The van der Waals surface area contributed by atoms with Gasteiger partial charge in [0.15, 0.2) is 6.10 Å². The summed E-state index contributed by atoms with van der Waals surface area (Å²) in [6, 6.07) is 16.3. The molecule has 23 heavy (non-hydrogen) atoms. The molecule has 0 saturated heterocycles. The van der Waals surface area contributed by atoms with Crippen LogP contribution in [0.25, 0.3) is 0 Å². The zero-order valence-electron chi connectivity index (χ0n) is 12.5. The number of amides is 2. The molecule has 0 saturated carbocycles. The first-order valence-corrected chi connectivity index (χ1v) is 7.54. The van der Waals surface area contributed by atoms with Gasteiger partial charge in [-0.3, -0.25) is 9.59 Å². The minimum absolute atomic E-state index is 0.0634. The molecule has 2 unspecified atom stereocenters. The third kappa shape index (κ3) is 3.40. The highest BCUT2D eigenvalue weighted by atomic mass is 16.3. The molecule has 1 heterocycles. The van der Waals surface area contributed by atoms with E-state index in [1.807, 2.05) is 30.3 Å². The Labute approximate surface area is 134 Å². The molecule has 0 spiro atoms. The second-order valence-electron chi connectivity index (χ2n) is 5.59. The summed E-state index contributed by atoms with van der Waals surface area (Å²) in [4.78, 5) is 23.9. The first kappa shape index (κ1) is 15.2. The van der Waals surface area contributed by atoms with Crippen LogP contribution in [0.15, 0.2) is 54.6 Å². The standard InChI is InChI=1S/C18H18N2O3/c21-16-10-13(14-8-4-5-9-15(14)20-16)11-19-18(23)17(22)12-6-2-1-3-7-12/h1-9,13,17,22H,10-11H2,(H,19,23)(H,20,21). The minimum Gasteiger partial charge on any atom is -0.378 e. The molecule has 5 nitrogen and oxygen atoms in total. The minimum atomic E-state index is -1.20. The van der Waals surface area contributed by atoms with E-state index in [9.17, 15) is 14.7 Å². The normalized spacial score (nSPS) is 17.8. The van der Waals surface area contributed by atoms with Gasteiger partial charge in [-0.2, -0.15) is 0 Å². The van der Waals surface area contributed by atoms with Crippen LogP contribution in [0.2, 0.25) is 0 Å². The Balaban J connectivity index is 1.66. The summed E-state index contributed by atoms with van der Waals surface area (Å²) in [7, 11) is 0. The average molecular weight is 310 g/mol. The maximum Gasteiger partial charge on any atom is 0.253 e. The fourth-order valence-electron chi connectivity index (χ4n) is 2.79. The van der Waals surface area contributed by atoms with Gasteiger partial charge in [-0.1, -0.05) is 48.5 Å². The maximum atomic E-state index is 12.1. The number of aliphatic hydroxyl groups is 1. The van der Waals surface area contributed by atoms with Crippen molar-refractivity contribution in [2.45, 2.75) is 18.4 Å². The van der Waals surface area contributed by atoms with Crippen LogP contribution in [-0.4, -0.2) is 23.5 Å². The number of aliphatic hydroxyl groups excluding tert-OH is 1. The first-order valence-electron chi connectivity index (χ1n) is 7.54. The van der Waals surface area contributed by atoms with Crippen molar-refractivity contribution in [1.82, 2.24) is 5.32 Å². The average Bonchev–Trinajstić information content (AvgIpc) is 2.59. The predicted molar refractivity (Wildman–Crippen MR) is 86.8 cm³/mol. The topological polar surface area (TPSA) is 78.4 Å². The van der Waals surface area contributed by atoms with E-state index in [2.05, 4.69) is 10.6 Å². The molecule has 2 aromatic rings. The number of hydrogen-bond donors (Lipinski definition) is 3. The van der Waals surface area contributed by atoms with Crippen LogP contribution in [-0.2, 0) is 9.59 Å². The Morgan fingerprint density at radius 3 is 2.65 bits per heavy atom. The van der Waals surface area contributed by atoms with Gasteiger partial charge < -0.3 is 15.7 Å². The van der Waals surface area contributed by atoms with Gasteiger partial charge in [-0.05, 0) is 17.2 Å². The van der Waals surface area contributed by atoms with Gasteiger partial charge in [-0.15, -0.1) is 0 Å². The van der Waals surface area contributed by atoms with Crippen LogP contribution >= 0.6 is 0 Å². The van der Waals surface area contributed by atoms with Crippen molar-refractivity contribution in [3.8, 4) is 0 Å². The fourth-order valence-corrected chi connectivity index (χ4v) is 2.79. The van der Waals surface area contributed by atoms with Crippen LogP contribution < -0.4 is 10.6 Å². The van der Waals surface area contributed by atoms with Crippen molar-refractivity contribution >= 4 is 17.5 Å². The summed E-state index contributed by atoms with van der Waals surface area (Å²) in [5.74, 6) is -0.613. The van der Waals surface area contributed by atoms with E-state index in [0.717, 1.165) is 11.3 Å². The molecule has 0 aliphatic carbocycles. The third-order valence-corrected chi connectivity index (χ3v) is 3.99. The van der Waals surface area contributed by atoms with Gasteiger partial charge in [-0.25, -0.2) is 0 Å². The van der Waals surface area contributed by atoms with Crippen molar-refractivity contribution in [2.75, 3.05) is 11.9 Å². The molecule has 2 aromatic carbocycles. The van der Waals surface area contributed by atoms with Crippen molar-refractivity contribution in [2.24, 2.45) is 0 Å². The van der Waals surface area contributed by atoms with Gasteiger partial charge in [0, 0.05) is 24.6 Å². The number of benzene rings is 2. The number of nitrogens with one attached hydrogen (secondary N) is 2. The second kappa shape index (κ2) is 6.62. The maximum absolute atomic E-state index is 12.1. The molecule has 5 heteroatoms. The molecule has 0 fully saturated rings. The van der Waals surface area contributed by atoms with Crippen LogP contribution in [0, 0.1) is 0 Å². The number of hydrogen-bond acceptors (Lipinski definition) is 3. The summed E-state index contributed by atoms with van der Waals surface area (Å²) in [5, 5.41) is 15.6. The smallest absolute Gasteiger partial charge is 0.253 e. The molecular weight excluding hydrogens is 292 g/mol.